The molecule has 0 aromatic heterocycles. The van der Waals surface area contributed by atoms with Crippen LogP contribution in [0.3, 0.4) is 0 Å². The van der Waals surface area contributed by atoms with Gasteiger partial charge in [0.15, 0.2) is 17.4 Å². The summed E-state index contributed by atoms with van der Waals surface area (Å²) >= 11 is 0. The second-order valence-corrected chi connectivity index (χ2v) is 0. The molecule has 0 aromatic carbocycles. The molecule has 0 fully saturated rings. The summed E-state index contributed by atoms with van der Waals surface area (Å²) in [5.41, 5.74) is 0. The van der Waals surface area contributed by atoms with Crippen LogP contribution in [0.5, 0.6) is 0 Å². The van der Waals surface area contributed by atoms with Gasteiger partial charge in [-0.25, -0.2) is 0 Å². The Morgan fingerprint density at radius 3 is 1.00 bits per heavy atom. The summed E-state index contributed by atoms with van der Waals surface area (Å²) in [4.78, 5) is 0. The van der Waals surface area contributed by atoms with Crippen LogP contribution in [0, 0.1) is 38.2 Å². The molecule has 0 saturated carbocycles. The van der Waals surface area contributed by atoms with Crippen molar-refractivity contribution in [2.75, 3.05) is 0 Å². The van der Waals surface area contributed by atoms with Gasteiger partial charge in [0.25, 0.3) is 0 Å². The molecule has 0 atom stereocenters. The van der Waals surface area contributed by atoms with E-state index in [1.54, 1.807) is 0 Å². The molecular weight excluding hydrogens is 287 g/mol. The first kappa shape index (κ1) is 37.9. The first-order valence-corrected chi connectivity index (χ1v) is 0. The van der Waals surface area contributed by atoms with Crippen molar-refractivity contribution in [3.05, 3.63) is 0 Å². The summed E-state index contributed by atoms with van der Waals surface area (Å²) in [6.07, 6.45) is 0. The normalized spacial score (nSPS) is 0. The second-order valence-electron chi connectivity index (χ2n) is 0. The van der Waals surface area contributed by atoms with Crippen LogP contribution in [-0.4, -0.2) is 51.4 Å². The van der Waals surface area contributed by atoms with Gasteiger partial charge in [-0.2, -0.15) is 0 Å². The van der Waals surface area contributed by atoms with Crippen LogP contribution in [0.2, 0.25) is 0 Å². The van der Waals surface area contributed by atoms with Gasteiger partial charge in [0.1, 0.15) is 0 Å². The molecule has 0 aliphatic heterocycles. The van der Waals surface area contributed by atoms with E-state index in [-0.39, 0.29) is 115 Å². The smallest absolute Gasteiger partial charge is 0.0149 e. The molecule has 0 spiro atoms. The van der Waals surface area contributed by atoms with Gasteiger partial charge < -0.3 is 0 Å². The number of rotatable bonds is 0. The molecule has 0 heterocycles. The van der Waals surface area contributed by atoms with Crippen molar-refractivity contribution in [3.63, 3.8) is 0 Å². The van der Waals surface area contributed by atoms with Crippen molar-refractivity contribution in [1.82, 2.24) is 0 Å². The van der Waals surface area contributed by atoms with E-state index >= 15 is 0 Å². The maximum Gasteiger partial charge on any atom is 0.316 e. The SMILES string of the molecule is [AlH3].[Dy].[MgH2].[Sc].[SiH4]. The van der Waals surface area contributed by atoms with Gasteiger partial charge in [-0.05, 0) is 11.0 Å². The third-order valence-electron chi connectivity index (χ3n) is 0. The molecule has 5 heteroatoms. The maximum atomic E-state index is 0. The van der Waals surface area contributed by atoms with Gasteiger partial charge in [-0.15, -0.1) is 0 Å². The van der Waals surface area contributed by atoms with Gasteiger partial charge in [0, 0.05) is 64.0 Å². The summed E-state index contributed by atoms with van der Waals surface area (Å²) in [6, 6.07) is 0. The molecular formula is H9AlDyMgScSi. The van der Waals surface area contributed by atoms with Crippen LogP contribution in [0.25, 0.3) is 0 Å². The predicted molar refractivity (Wildman–Crippen MR) is 29.8 cm³/mol. The Balaban J connectivity index is 0. The van der Waals surface area contributed by atoms with E-state index in [0.717, 1.165) is 0 Å². The molecule has 0 bridgehead atoms. The van der Waals surface area contributed by atoms with Crippen molar-refractivity contribution in [2.24, 2.45) is 0 Å². The molecule has 0 rings (SSSR count). The summed E-state index contributed by atoms with van der Waals surface area (Å²) < 4.78 is 0. The molecule has 0 aliphatic carbocycles. The van der Waals surface area contributed by atoms with Crippen molar-refractivity contribution in [3.8, 4) is 0 Å². The van der Waals surface area contributed by atoms with Crippen LogP contribution in [0.4, 0.5) is 0 Å². The largest absolute Gasteiger partial charge is 0.316 e. The van der Waals surface area contributed by atoms with Crippen LogP contribution in [0.1, 0.15) is 0 Å². The third-order valence-corrected chi connectivity index (χ3v) is 0. The topological polar surface area (TPSA) is 0 Å². The van der Waals surface area contributed by atoms with Crippen LogP contribution in [0.15, 0.2) is 0 Å². The van der Waals surface area contributed by atoms with Gasteiger partial charge in [0.05, 0.1) is 0 Å². The number of hydrogen-bond donors (Lipinski definition) is 0. The molecule has 0 aliphatic rings. The Bertz CT molecular complexity index is 11.6. The van der Waals surface area contributed by atoms with E-state index in [0.29, 0.717) is 0 Å². The van der Waals surface area contributed by atoms with Crippen LogP contribution >= 0.6 is 0 Å². The summed E-state index contributed by atoms with van der Waals surface area (Å²) in [7, 11) is 0. The quantitative estimate of drug-likeness (QED) is 0.406. The Kier molecular flexibility index (Phi) is 193. The first-order chi connectivity index (χ1) is 0. The molecule has 0 aromatic rings. The summed E-state index contributed by atoms with van der Waals surface area (Å²) in [5, 5.41) is 0. The number of hydrogen-bond acceptors (Lipinski definition) is 0. The zero-order valence-electron chi connectivity index (χ0n) is 0.894. The monoisotopic (exact) mass is 297 g/mol. The maximum absolute atomic E-state index is 0. The van der Waals surface area contributed by atoms with Gasteiger partial charge >= 0.3 is 23.1 Å². The fourth-order valence-corrected chi connectivity index (χ4v) is 0. The standard InChI is InChI=1S/Al.Dy.Mg.Sc.H4Si.5H/h;;;;1H4;;;;;. The fraction of sp³-hybridized carbons (Fsp3) is 0. The first-order valence-electron chi connectivity index (χ1n) is 0. The van der Waals surface area contributed by atoms with Crippen LogP contribution < -0.4 is 0 Å². The van der Waals surface area contributed by atoms with E-state index < -0.39 is 0 Å². The van der Waals surface area contributed by atoms with Crippen molar-refractivity contribution < 1.29 is 64.0 Å². The Morgan fingerprint density at radius 2 is 1.00 bits per heavy atom. The molecule has 0 unspecified atom stereocenters. The minimum atomic E-state index is 0. The molecule has 1 radical (unpaired) electrons. The minimum absolute atomic E-state index is 0. The van der Waals surface area contributed by atoms with E-state index in [1.165, 1.54) is 0 Å². The van der Waals surface area contributed by atoms with Crippen LogP contribution in [-0.2, 0) is 25.8 Å². The molecule has 0 amide bonds. The zero-order chi connectivity index (χ0) is 0. The van der Waals surface area contributed by atoms with E-state index in [9.17, 15) is 0 Å². The van der Waals surface area contributed by atoms with Gasteiger partial charge in [-0.3, -0.25) is 0 Å². The molecule has 0 N–H and O–H groups in total. The molecule has 5 heavy (non-hydrogen) atoms. The predicted octanol–water partition coefficient (Wildman–Crippen LogP) is -3.55. The Hall–Kier alpha value is 3.66. The molecule has 0 saturated heterocycles. The average Bonchev–Trinajstić information content (AvgIpc) is 0. The Labute approximate surface area is 113 Å². The van der Waals surface area contributed by atoms with E-state index in [1.807, 2.05) is 0 Å². The van der Waals surface area contributed by atoms with E-state index in [2.05, 4.69) is 0 Å². The van der Waals surface area contributed by atoms with Crippen molar-refractivity contribution >= 4 is 51.4 Å². The fourth-order valence-electron chi connectivity index (χ4n) is 0. The van der Waals surface area contributed by atoms with Gasteiger partial charge in [0.2, 0.25) is 0 Å². The van der Waals surface area contributed by atoms with E-state index in [4.69, 9.17) is 0 Å². The second kappa shape index (κ2) is 25.4. The van der Waals surface area contributed by atoms with Crippen molar-refractivity contribution in [1.29, 1.82) is 0 Å². The molecule has 0 nitrogen and oxygen atoms in total. The van der Waals surface area contributed by atoms with Gasteiger partial charge in [-0.1, -0.05) is 0 Å². The average molecular weight is 296 g/mol. The third kappa shape index (κ3) is 18.3. The van der Waals surface area contributed by atoms with Crippen molar-refractivity contribution in [2.45, 2.75) is 0 Å². The summed E-state index contributed by atoms with van der Waals surface area (Å²) in [6.45, 7) is 0. The summed E-state index contributed by atoms with van der Waals surface area (Å²) in [5.74, 6) is 0. The zero-order valence-corrected chi connectivity index (χ0v) is 4.73. The molecule has 31 valence electrons. The Morgan fingerprint density at radius 1 is 1.00 bits per heavy atom. The minimum Gasteiger partial charge on any atom is -0.0149 e.